The summed E-state index contributed by atoms with van der Waals surface area (Å²) in [6.45, 7) is 7.59. The third kappa shape index (κ3) is 4.42. The van der Waals surface area contributed by atoms with Crippen LogP contribution in [0.3, 0.4) is 0 Å². The Balaban J connectivity index is 1.29. The van der Waals surface area contributed by atoms with Crippen molar-refractivity contribution in [3.8, 4) is 0 Å². The van der Waals surface area contributed by atoms with Gasteiger partial charge in [0.05, 0.1) is 0 Å². The number of carbonyl (C=O) groups is 2. The van der Waals surface area contributed by atoms with Crippen molar-refractivity contribution in [2.75, 3.05) is 31.5 Å². The first-order valence-corrected chi connectivity index (χ1v) is 10.7. The number of amides is 4. The molecular formula is C24H30N4O2. The van der Waals surface area contributed by atoms with E-state index >= 15 is 0 Å². The van der Waals surface area contributed by atoms with Crippen LogP contribution in [0.4, 0.5) is 15.3 Å². The number of aryl methyl sites for hydroxylation is 2. The Hall–Kier alpha value is -3.02. The van der Waals surface area contributed by atoms with Gasteiger partial charge < -0.3 is 20.0 Å². The highest BCUT2D eigenvalue weighted by Gasteiger charge is 2.36. The molecule has 30 heavy (non-hydrogen) atoms. The van der Waals surface area contributed by atoms with Crippen LogP contribution >= 0.6 is 0 Å². The summed E-state index contributed by atoms with van der Waals surface area (Å²) < 4.78 is 0. The molecule has 0 bridgehead atoms. The van der Waals surface area contributed by atoms with Crippen LogP contribution in [0.2, 0.25) is 0 Å². The predicted molar refractivity (Wildman–Crippen MR) is 118 cm³/mol. The second-order valence-corrected chi connectivity index (χ2v) is 8.35. The van der Waals surface area contributed by atoms with Gasteiger partial charge in [-0.1, -0.05) is 48.0 Å². The molecule has 158 valence electrons. The van der Waals surface area contributed by atoms with Crippen molar-refractivity contribution in [2.24, 2.45) is 0 Å². The molecule has 2 heterocycles. The summed E-state index contributed by atoms with van der Waals surface area (Å²) in [6, 6.07) is 16.4. The molecule has 1 N–H and O–H groups in total. The zero-order valence-corrected chi connectivity index (χ0v) is 17.8. The van der Waals surface area contributed by atoms with E-state index < -0.39 is 0 Å². The number of hydrogen-bond acceptors (Lipinski definition) is 2. The Labute approximate surface area is 178 Å². The van der Waals surface area contributed by atoms with Gasteiger partial charge in [0, 0.05) is 44.5 Å². The number of likely N-dealkylation sites (tertiary alicyclic amines) is 1. The van der Waals surface area contributed by atoms with Gasteiger partial charge in [-0.2, -0.15) is 0 Å². The van der Waals surface area contributed by atoms with E-state index in [-0.39, 0.29) is 18.1 Å². The standard InChI is InChI=1S/C24H30N4O2/c1-18-7-9-20(10-8-18)17-27-15-16-28(24(27)30)21-11-13-26(14-12-21)23(29)25-22-6-4-3-5-19(22)2/h3-10,21H,11-17H2,1-2H3,(H,25,29). The molecule has 0 saturated carbocycles. The number of anilines is 1. The highest BCUT2D eigenvalue weighted by Crippen LogP contribution is 2.23. The Bertz CT molecular complexity index is 904. The number of para-hydroxylation sites is 1. The smallest absolute Gasteiger partial charge is 0.321 e. The van der Waals surface area contributed by atoms with Crippen LogP contribution in [0.5, 0.6) is 0 Å². The molecule has 2 saturated heterocycles. The van der Waals surface area contributed by atoms with E-state index in [2.05, 4.69) is 36.5 Å². The minimum Gasteiger partial charge on any atom is -0.324 e. The van der Waals surface area contributed by atoms with Crippen molar-refractivity contribution in [3.05, 3.63) is 65.2 Å². The fraction of sp³-hybridized carbons (Fsp3) is 0.417. The minimum absolute atomic E-state index is 0.0588. The van der Waals surface area contributed by atoms with Gasteiger partial charge in [0.15, 0.2) is 0 Å². The Kier molecular flexibility index (Phi) is 5.93. The topological polar surface area (TPSA) is 55.9 Å². The van der Waals surface area contributed by atoms with E-state index in [4.69, 9.17) is 0 Å². The van der Waals surface area contributed by atoms with Crippen LogP contribution in [0.15, 0.2) is 48.5 Å². The number of rotatable bonds is 4. The number of benzene rings is 2. The first-order valence-electron chi connectivity index (χ1n) is 10.7. The van der Waals surface area contributed by atoms with Gasteiger partial charge in [-0.3, -0.25) is 0 Å². The normalized spacial score (nSPS) is 17.5. The summed E-state index contributed by atoms with van der Waals surface area (Å²) in [5.74, 6) is 0. The lowest BCUT2D eigenvalue weighted by Crippen LogP contribution is -2.49. The van der Waals surface area contributed by atoms with Gasteiger partial charge in [-0.15, -0.1) is 0 Å². The number of nitrogens with zero attached hydrogens (tertiary/aromatic N) is 3. The molecule has 0 atom stereocenters. The Morgan fingerprint density at radius 1 is 0.967 bits per heavy atom. The van der Waals surface area contributed by atoms with Gasteiger partial charge >= 0.3 is 12.1 Å². The molecule has 2 aliphatic heterocycles. The fourth-order valence-electron chi connectivity index (χ4n) is 4.29. The molecule has 2 aromatic carbocycles. The molecule has 6 heteroatoms. The lowest BCUT2D eigenvalue weighted by atomic mass is 10.0. The first kappa shape index (κ1) is 20.3. The van der Waals surface area contributed by atoms with Gasteiger partial charge in [-0.25, -0.2) is 9.59 Å². The zero-order chi connectivity index (χ0) is 21.1. The predicted octanol–water partition coefficient (Wildman–Crippen LogP) is 4.24. The number of nitrogens with one attached hydrogen (secondary N) is 1. The number of hydrogen-bond donors (Lipinski definition) is 1. The lowest BCUT2D eigenvalue weighted by molar-refractivity contribution is 0.139. The van der Waals surface area contributed by atoms with Crippen LogP contribution in [-0.2, 0) is 6.54 Å². The van der Waals surface area contributed by atoms with Gasteiger partial charge in [0.1, 0.15) is 0 Å². The molecule has 4 rings (SSSR count). The number of piperidine rings is 1. The maximum Gasteiger partial charge on any atom is 0.321 e. The molecule has 0 aromatic heterocycles. The van der Waals surface area contributed by atoms with Crippen LogP contribution in [-0.4, -0.2) is 59.0 Å². The van der Waals surface area contributed by atoms with Crippen molar-refractivity contribution in [1.82, 2.24) is 14.7 Å². The highest BCUT2D eigenvalue weighted by atomic mass is 16.2. The largest absolute Gasteiger partial charge is 0.324 e. The monoisotopic (exact) mass is 406 g/mol. The maximum atomic E-state index is 12.9. The molecule has 0 radical (unpaired) electrons. The van der Waals surface area contributed by atoms with Gasteiger partial charge in [0.25, 0.3) is 0 Å². The van der Waals surface area contributed by atoms with Crippen LogP contribution in [0, 0.1) is 13.8 Å². The third-order valence-electron chi connectivity index (χ3n) is 6.20. The van der Waals surface area contributed by atoms with E-state index in [1.807, 2.05) is 45.9 Å². The summed E-state index contributed by atoms with van der Waals surface area (Å²) in [6.07, 6.45) is 1.65. The van der Waals surface area contributed by atoms with Crippen LogP contribution in [0.25, 0.3) is 0 Å². The molecule has 6 nitrogen and oxygen atoms in total. The second kappa shape index (κ2) is 8.78. The average molecular weight is 407 g/mol. The van der Waals surface area contributed by atoms with Crippen molar-refractivity contribution >= 4 is 17.7 Å². The van der Waals surface area contributed by atoms with E-state index in [1.165, 1.54) is 11.1 Å². The summed E-state index contributed by atoms with van der Waals surface area (Å²) >= 11 is 0. The Morgan fingerprint density at radius 3 is 2.37 bits per heavy atom. The van der Waals surface area contributed by atoms with Crippen molar-refractivity contribution in [3.63, 3.8) is 0 Å². The number of urea groups is 2. The molecule has 0 aliphatic carbocycles. The number of carbonyl (C=O) groups excluding carboxylic acids is 2. The molecule has 4 amide bonds. The van der Waals surface area contributed by atoms with Crippen molar-refractivity contribution in [2.45, 2.75) is 39.3 Å². The fourth-order valence-corrected chi connectivity index (χ4v) is 4.29. The minimum atomic E-state index is -0.0588. The average Bonchev–Trinajstić information content (AvgIpc) is 3.11. The zero-order valence-electron chi connectivity index (χ0n) is 17.8. The third-order valence-corrected chi connectivity index (χ3v) is 6.20. The summed E-state index contributed by atoms with van der Waals surface area (Å²) in [5.41, 5.74) is 4.30. The van der Waals surface area contributed by atoms with E-state index in [0.717, 1.165) is 37.2 Å². The molecule has 0 spiro atoms. The highest BCUT2D eigenvalue weighted by molar-refractivity contribution is 5.90. The summed E-state index contributed by atoms with van der Waals surface area (Å²) in [4.78, 5) is 31.3. The van der Waals surface area contributed by atoms with E-state index in [0.29, 0.717) is 19.6 Å². The van der Waals surface area contributed by atoms with Gasteiger partial charge in [-0.05, 0) is 43.9 Å². The van der Waals surface area contributed by atoms with Crippen molar-refractivity contribution in [1.29, 1.82) is 0 Å². The van der Waals surface area contributed by atoms with Crippen LogP contribution in [0.1, 0.15) is 29.5 Å². The molecule has 2 aliphatic rings. The summed E-state index contributed by atoms with van der Waals surface area (Å²) in [7, 11) is 0. The molecule has 0 unspecified atom stereocenters. The Morgan fingerprint density at radius 2 is 1.67 bits per heavy atom. The van der Waals surface area contributed by atoms with Gasteiger partial charge in [0.2, 0.25) is 0 Å². The second-order valence-electron chi connectivity index (χ2n) is 8.35. The first-order chi connectivity index (χ1) is 14.5. The lowest BCUT2D eigenvalue weighted by Gasteiger charge is -2.36. The van der Waals surface area contributed by atoms with Crippen LogP contribution < -0.4 is 5.32 Å². The van der Waals surface area contributed by atoms with E-state index in [1.54, 1.807) is 0 Å². The molecule has 2 aromatic rings. The SMILES string of the molecule is Cc1ccc(CN2CCN(C3CCN(C(=O)Nc4ccccc4C)CC3)C2=O)cc1. The maximum absolute atomic E-state index is 12.9. The van der Waals surface area contributed by atoms with E-state index in [9.17, 15) is 9.59 Å². The summed E-state index contributed by atoms with van der Waals surface area (Å²) in [5, 5.41) is 3.01. The van der Waals surface area contributed by atoms with Crippen molar-refractivity contribution < 1.29 is 9.59 Å². The molecular weight excluding hydrogens is 376 g/mol. The quantitative estimate of drug-likeness (QED) is 0.826. The molecule has 2 fully saturated rings.